The van der Waals surface area contributed by atoms with Gasteiger partial charge in [0.1, 0.15) is 5.69 Å². The predicted molar refractivity (Wildman–Crippen MR) is 57.9 cm³/mol. The van der Waals surface area contributed by atoms with Crippen LogP contribution in [-0.2, 0) is 0 Å². The molecule has 0 bridgehead atoms. The Morgan fingerprint density at radius 3 is 2.79 bits per heavy atom. The summed E-state index contributed by atoms with van der Waals surface area (Å²) in [5, 5.41) is 11.7. The molecule has 0 aliphatic rings. The fraction of sp³-hybridized carbons (Fsp3) is 0. The van der Waals surface area contributed by atoms with Crippen LogP contribution >= 0.6 is 22.9 Å². The first kappa shape index (κ1) is 9.23. The standard InChI is InChI=1S/C8H5ClN2O2S/c9-5-3-1-2-4-6(10)8(11(12)13)14-7(4)5/h1-3H,10H2. The lowest BCUT2D eigenvalue weighted by Gasteiger charge is -1.91. The summed E-state index contributed by atoms with van der Waals surface area (Å²) in [4.78, 5) is 10.1. The zero-order chi connectivity index (χ0) is 10.3. The van der Waals surface area contributed by atoms with Crippen LogP contribution < -0.4 is 5.73 Å². The quantitative estimate of drug-likeness (QED) is 0.602. The molecule has 72 valence electrons. The molecular formula is C8H5ClN2O2S. The highest BCUT2D eigenvalue weighted by Gasteiger charge is 2.19. The van der Waals surface area contributed by atoms with Crippen molar-refractivity contribution in [1.29, 1.82) is 0 Å². The van der Waals surface area contributed by atoms with Gasteiger partial charge in [0.2, 0.25) is 0 Å². The third-order valence-electron chi connectivity index (χ3n) is 1.85. The average Bonchev–Trinajstić information content (AvgIpc) is 2.46. The third-order valence-corrected chi connectivity index (χ3v) is 3.49. The SMILES string of the molecule is Nc1c([N+](=O)[O-])sc2c(Cl)cccc12. The van der Waals surface area contributed by atoms with E-state index in [1.165, 1.54) is 0 Å². The number of nitro groups is 1. The van der Waals surface area contributed by atoms with E-state index in [0.717, 1.165) is 11.3 Å². The molecule has 0 saturated heterocycles. The second-order valence-electron chi connectivity index (χ2n) is 2.69. The van der Waals surface area contributed by atoms with Gasteiger partial charge in [0, 0.05) is 5.39 Å². The highest BCUT2D eigenvalue weighted by Crippen LogP contribution is 2.42. The molecule has 6 heteroatoms. The number of fused-ring (bicyclic) bond motifs is 1. The van der Waals surface area contributed by atoms with Crippen LogP contribution in [0.2, 0.25) is 5.02 Å². The lowest BCUT2D eigenvalue weighted by atomic mass is 10.2. The molecule has 0 amide bonds. The average molecular weight is 229 g/mol. The number of nitrogens with two attached hydrogens (primary N) is 1. The summed E-state index contributed by atoms with van der Waals surface area (Å²) in [6.45, 7) is 0. The van der Waals surface area contributed by atoms with E-state index in [0.29, 0.717) is 15.1 Å². The Morgan fingerprint density at radius 2 is 2.21 bits per heavy atom. The maximum absolute atomic E-state index is 10.6. The molecule has 1 aromatic carbocycles. The van der Waals surface area contributed by atoms with Gasteiger partial charge in [0.05, 0.1) is 14.6 Å². The number of rotatable bonds is 1. The van der Waals surface area contributed by atoms with Crippen LogP contribution in [0.25, 0.3) is 10.1 Å². The number of benzene rings is 1. The first-order valence-electron chi connectivity index (χ1n) is 3.72. The van der Waals surface area contributed by atoms with E-state index in [4.69, 9.17) is 17.3 Å². The van der Waals surface area contributed by atoms with Gasteiger partial charge >= 0.3 is 5.00 Å². The molecule has 2 rings (SSSR count). The molecule has 0 aliphatic carbocycles. The Labute approximate surface area is 88.0 Å². The molecule has 1 heterocycles. The number of hydrogen-bond donors (Lipinski definition) is 1. The fourth-order valence-corrected chi connectivity index (χ4v) is 2.46. The highest BCUT2D eigenvalue weighted by molar-refractivity contribution is 7.23. The van der Waals surface area contributed by atoms with Crippen LogP contribution in [0.1, 0.15) is 0 Å². The molecule has 0 radical (unpaired) electrons. The van der Waals surface area contributed by atoms with E-state index in [1.807, 2.05) is 0 Å². The lowest BCUT2D eigenvalue weighted by Crippen LogP contribution is -1.90. The van der Waals surface area contributed by atoms with Crippen molar-refractivity contribution in [3.8, 4) is 0 Å². The fourth-order valence-electron chi connectivity index (χ4n) is 1.23. The Balaban J connectivity index is 2.86. The molecule has 1 aromatic heterocycles. The number of anilines is 1. The van der Waals surface area contributed by atoms with E-state index < -0.39 is 4.92 Å². The van der Waals surface area contributed by atoms with Crippen molar-refractivity contribution in [2.24, 2.45) is 0 Å². The van der Waals surface area contributed by atoms with Gasteiger partial charge in [-0.2, -0.15) is 0 Å². The van der Waals surface area contributed by atoms with Gasteiger partial charge in [-0.3, -0.25) is 10.1 Å². The second kappa shape index (κ2) is 3.11. The van der Waals surface area contributed by atoms with Gasteiger partial charge in [-0.15, -0.1) is 0 Å². The van der Waals surface area contributed by atoms with Crippen molar-refractivity contribution < 1.29 is 4.92 Å². The van der Waals surface area contributed by atoms with E-state index >= 15 is 0 Å². The number of nitrogens with zero attached hydrogens (tertiary/aromatic N) is 1. The van der Waals surface area contributed by atoms with Crippen molar-refractivity contribution in [2.45, 2.75) is 0 Å². The first-order valence-corrected chi connectivity index (χ1v) is 4.91. The van der Waals surface area contributed by atoms with Gasteiger partial charge in [0.15, 0.2) is 0 Å². The van der Waals surface area contributed by atoms with Crippen LogP contribution in [-0.4, -0.2) is 4.92 Å². The van der Waals surface area contributed by atoms with E-state index in [-0.39, 0.29) is 10.7 Å². The molecule has 4 nitrogen and oxygen atoms in total. The first-order chi connectivity index (χ1) is 6.61. The van der Waals surface area contributed by atoms with Crippen LogP contribution in [0.4, 0.5) is 10.7 Å². The molecule has 0 unspecified atom stereocenters. The zero-order valence-electron chi connectivity index (χ0n) is 6.86. The van der Waals surface area contributed by atoms with Crippen molar-refractivity contribution in [3.05, 3.63) is 33.3 Å². The highest BCUT2D eigenvalue weighted by atomic mass is 35.5. The smallest absolute Gasteiger partial charge is 0.348 e. The Hall–Kier alpha value is -1.33. The number of halogens is 1. The molecule has 2 N–H and O–H groups in total. The van der Waals surface area contributed by atoms with Gasteiger partial charge in [-0.1, -0.05) is 35.1 Å². The van der Waals surface area contributed by atoms with Crippen molar-refractivity contribution in [3.63, 3.8) is 0 Å². The van der Waals surface area contributed by atoms with E-state index in [1.54, 1.807) is 18.2 Å². The van der Waals surface area contributed by atoms with Gasteiger partial charge in [-0.25, -0.2) is 0 Å². The minimum absolute atomic E-state index is 0.0481. The summed E-state index contributed by atoms with van der Waals surface area (Å²) >= 11 is 6.88. The molecular weight excluding hydrogens is 224 g/mol. The Morgan fingerprint density at radius 1 is 1.50 bits per heavy atom. The predicted octanol–water partition coefficient (Wildman–Crippen LogP) is 3.05. The maximum Gasteiger partial charge on any atom is 0.348 e. The minimum Gasteiger partial charge on any atom is -0.392 e. The normalized spacial score (nSPS) is 10.6. The molecule has 14 heavy (non-hydrogen) atoms. The number of thiophene rings is 1. The summed E-state index contributed by atoms with van der Waals surface area (Å²) < 4.78 is 0.665. The zero-order valence-corrected chi connectivity index (χ0v) is 8.43. The Kier molecular flexibility index (Phi) is 2.05. The van der Waals surface area contributed by atoms with Crippen LogP contribution in [0, 0.1) is 10.1 Å². The molecule has 0 saturated carbocycles. The van der Waals surface area contributed by atoms with Crippen molar-refractivity contribution in [1.82, 2.24) is 0 Å². The lowest BCUT2D eigenvalue weighted by molar-refractivity contribution is -0.379. The minimum atomic E-state index is -0.490. The molecule has 0 fully saturated rings. The van der Waals surface area contributed by atoms with Gasteiger partial charge in [0.25, 0.3) is 0 Å². The van der Waals surface area contributed by atoms with Crippen LogP contribution in [0.5, 0.6) is 0 Å². The molecule has 0 atom stereocenters. The summed E-state index contributed by atoms with van der Waals surface area (Å²) in [6.07, 6.45) is 0. The van der Waals surface area contributed by atoms with Gasteiger partial charge in [-0.05, 0) is 6.07 Å². The molecule has 2 aromatic rings. The summed E-state index contributed by atoms with van der Waals surface area (Å²) in [7, 11) is 0. The third kappa shape index (κ3) is 1.21. The monoisotopic (exact) mass is 228 g/mol. The summed E-state index contributed by atoms with van der Waals surface area (Å²) in [5.41, 5.74) is 5.81. The molecule has 0 aliphatic heterocycles. The van der Waals surface area contributed by atoms with Crippen molar-refractivity contribution in [2.75, 3.05) is 5.73 Å². The van der Waals surface area contributed by atoms with Crippen LogP contribution in [0.3, 0.4) is 0 Å². The van der Waals surface area contributed by atoms with Gasteiger partial charge < -0.3 is 5.73 Å². The van der Waals surface area contributed by atoms with E-state index in [2.05, 4.69) is 0 Å². The maximum atomic E-state index is 10.6. The van der Waals surface area contributed by atoms with Crippen molar-refractivity contribution >= 4 is 43.7 Å². The summed E-state index contributed by atoms with van der Waals surface area (Å²) in [6, 6.07) is 5.13. The largest absolute Gasteiger partial charge is 0.392 e. The number of hydrogen-bond acceptors (Lipinski definition) is 4. The second-order valence-corrected chi connectivity index (χ2v) is 4.10. The topological polar surface area (TPSA) is 69.2 Å². The molecule has 0 spiro atoms. The summed E-state index contributed by atoms with van der Waals surface area (Å²) in [5.74, 6) is 0. The number of nitrogen functional groups attached to an aromatic ring is 1. The van der Waals surface area contributed by atoms with E-state index in [9.17, 15) is 10.1 Å². The van der Waals surface area contributed by atoms with Crippen LogP contribution in [0.15, 0.2) is 18.2 Å². The Bertz CT molecular complexity index is 523.